The Balaban J connectivity index is 2.03. The molecule has 2 rings (SSSR count). The van der Waals surface area contributed by atoms with Crippen molar-refractivity contribution in [3.8, 4) is 0 Å². The van der Waals surface area contributed by atoms with Crippen molar-refractivity contribution in [3.05, 3.63) is 0 Å². The van der Waals surface area contributed by atoms with Crippen molar-refractivity contribution in [1.29, 1.82) is 0 Å². The molecule has 0 aromatic heterocycles. The van der Waals surface area contributed by atoms with E-state index in [0.29, 0.717) is 11.5 Å². The van der Waals surface area contributed by atoms with Gasteiger partial charge in [-0.25, -0.2) is 0 Å². The molecule has 0 aromatic rings. The second kappa shape index (κ2) is 2.21. The van der Waals surface area contributed by atoms with Crippen LogP contribution >= 0.6 is 0 Å². The van der Waals surface area contributed by atoms with E-state index in [1.54, 1.807) is 0 Å². The molecule has 58 valence electrons. The van der Waals surface area contributed by atoms with Crippen LogP contribution in [-0.4, -0.2) is 19.3 Å². The molecule has 1 aliphatic heterocycles. The smallest absolute Gasteiger partial charge is 0.0537 e. The van der Waals surface area contributed by atoms with Gasteiger partial charge in [0.15, 0.2) is 0 Å². The lowest BCUT2D eigenvalue weighted by atomic mass is 9.63. The van der Waals surface area contributed by atoms with Gasteiger partial charge in [0.2, 0.25) is 0 Å². The summed E-state index contributed by atoms with van der Waals surface area (Å²) >= 11 is 0. The Labute approximate surface area is 61.7 Å². The van der Waals surface area contributed by atoms with E-state index in [4.69, 9.17) is 10.5 Å². The molecule has 1 spiro atoms. The van der Waals surface area contributed by atoms with E-state index < -0.39 is 0 Å². The van der Waals surface area contributed by atoms with E-state index in [9.17, 15) is 0 Å². The maximum Gasteiger partial charge on any atom is 0.0537 e. The highest BCUT2D eigenvalue weighted by Gasteiger charge is 2.44. The monoisotopic (exact) mass is 141 g/mol. The quantitative estimate of drug-likeness (QED) is 0.544. The van der Waals surface area contributed by atoms with Crippen molar-refractivity contribution >= 4 is 0 Å². The van der Waals surface area contributed by atoms with Crippen LogP contribution in [0.25, 0.3) is 0 Å². The maximum absolute atomic E-state index is 6.00. The SMILES string of the molecule is NC1CCOCC12CCC2. The molecule has 2 aliphatic rings. The minimum atomic E-state index is 0.415. The lowest BCUT2D eigenvalue weighted by Crippen LogP contribution is -2.53. The zero-order chi connectivity index (χ0) is 7.03. The summed E-state index contributed by atoms with van der Waals surface area (Å²) in [5.41, 5.74) is 6.41. The molecule has 0 bridgehead atoms. The Morgan fingerprint density at radius 1 is 1.40 bits per heavy atom. The third kappa shape index (κ3) is 0.789. The summed E-state index contributed by atoms with van der Waals surface area (Å²) in [5, 5.41) is 0. The van der Waals surface area contributed by atoms with E-state index in [0.717, 1.165) is 19.6 Å². The van der Waals surface area contributed by atoms with E-state index in [1.165, 1.54) is 19.3 Å². The summed E-state index contributed by atoms with van der Waals surface area (Å²) in [6.07, 6.45) is 5.03. The summed E-state index contributed by atoms with van der Waals surface area (Å²) in [6.45, 7) is 1.80. The van der Waals surface area contributed by atoms with Crippen molar-refractivity contribution in [2.75, 3.05) is 13.2 Å². The van der Waals surface area contributed by atoms with Gasteiger partial charge >= 0.3 is 0 Å². The first-order valence-corrected chi connectivity index (χ1v) is 4.17. The highest BCUT2D eigenvalue weighted by molar-refractivity contribution is 4.97. The molecular formula is C8H15NO. The molecule has 1 unspecified atom stereocenters. The molecule has 10 heavy (non-hydrogen) atoms. The predicted octanol–water partition coefficient (Wildman–Crippen LogP) is 0.904. The zero-order valence-electron chi connectivity index (χ0n) is 6.31. The fraction of sp³-hybridized carbons (Fsp3) is 1.00. The first-order valence-electron chi connectivity index (χ1n) is 4.17. The number of ether oxygens (including phenoxy) is 1. The van der Waals surface area contributed by atoms with E-state index >= 15 is 0 Å². The average Bonchev–Trinajstić information content (AvgIpc) is 1.85. The Morgan fingerprint density at radius 3 is 2.60 bits per heavy atom. The Hall–Kier alpha value is -0.0800. The van der Waals surface area contributed by atoms with Crippen LogP contribution in [0, 0.1) is 5.41 Å². The van der Waals surface area contributed by atoms with Crippen LogP contribution in [-0.2, 0) is 4.74 Å². The lowest BCUT2D eigenvalue weighted by molar-refractivity contribution is -0.0673. The normalized spacial score (nSPS) is 37.5. The van der Waals surface area contributed by atoms with Gasteiger partial charge in [-0.15, -0.1) is 0 Å². The van der Waals surface area contributed by atoms with Crippen molar-refractivity contribution in [2.24, 2.45) is 11.1 Å². The third-order valence-corrected chi connectivity index (χ3v) is 3.10. The lowest BCUT2D eigenvalue weighted by Gasteiger charge is -2.48. The molecule has 1 saturated carbocycles. The van der Waals surface area contributed by atoms with Crippen LogP contribution in [0.1, 0.15) is 25.7 Å². The first kappa shape index (κ1) is 6.62. The van der Waals surface area contributed by atoms with Gasteiger partial charge in [-0.1, -0.05) is 6.42 Å². The standard InChI is InChI=1S/C8H15NO/c9-7-2-5-10-6-8(7)3-1-4-8/h7H,1-6,9H2. The molecule has 2 heteroatoms. The molecule has 0 radical (unpaired) electrons. The van der Waals surface area contributed by atoms with Crippen LogP contribution in [0.4, 0.5) is 0 Å². The molecule has 1 heterocycles. The van der Waals surface area contributed by atoms with E-state index in [2.05, 4.69) is 0 Å². The van der Waals surface area contributed by atoms with Gasteiger partial charge in [0, 0.05) is 18.1 Å². The number of rotatable bonds is 0. The Morgan fingerprint density at radius 2 is 2.20 bits per heavy atom. The summed E-state index contributed by atoms with van der Waals surface area (Å²) in [5.74, 6) is 0. The molecule has 1 atom stereocenters. The van der Waals surface area contributed by atoms with Gasteiger partial charge < -0.3 is 10.5 Å². The van der Waals surface area contributed by atoms with Crippen LogP contribution < -0.4 is 5.73 Å². The molecule has 1 saturated heterocycles. The largest absolute Gasteiger partial charge is 0.381 e. The second-order valence-electron chi connectivity index (χ2n) is 3.66. The average molecular weight is 141 g/mol. The maximum atomic E-state index is 6.00. The van der Waals surface area contributed by atoms with E-state index in [1.807, 2.05) is 0 Å². The van der Waals surface area contributed by atoms with E-state index in [-0.39, 0.29) is 0 Å². The number of hydrogen-bond acceptors (Lipinski definition) is 2. The Kier molecular flexibility index (Phi) is 1.46. The van der Waals surface area contributed by atoms with Crippen LogP contribution in [0.5, 0.6) is 0 Å². The highest BCUT2D eigenvalue weighted by Crippen LogP contribution is 2.45. The minimum Gasteiger partial charge on any atom is -0.381 e. The molecular weight excluding hydrogens is 126 g/mol. The third-order valence-electron chi connectivity index (χ3n) is 3.10. The molecule has 2 fully saturated rings. The van der Waals surface area contributed by atoms with Crippen molar-refractivity contribution in [1.82, 2.24) is 0 Å². The summed E-state index contributed by atoms with van der Waals surface area (Å²) < 4.78 is 5.42. The van der Waals surface area contributed by atoms with Gasteiger partial charge in [-0.05, 0) is 19.3 Å². The van der Waals surface area contributed by atoms with Gasteiger partial charge in [-0.3, -0.25) is 0 Å². The topological polar surface area (TPSA) is 35.2 Å². The number of nitrogens with two attached hydrogens (primary N) is 1. The van der Waals surface area contributed by atoms with Gasteiger partial charge in [0.25, 0.3) is 0 Å². The van der Waals surface area contributed by atoms with Gasteiger partial charge in [0.05, 0.1) is 6.61 Å². The minimum absolute atomic E-state index is 0.415. The Bertz CT molecular complexity index is 131. The first-order chi connectivity index (χ1) is 4.83. The predicted molar refractivity (Wildman–Crippen MR) is 39.7 cm³/mol. The van der Waals surface area contributed by atoms with Crippen LogP contribution in [0.15, 0.2) is 0 Å². The molecule has 1 aliphatic carbocycles. The summed E-state index contributed by atoms with van der Waals surface area (Å²) in [6, 6.07) is 0.426. The highest BCUT2D eigenvalue weighted by atomic mass is 16.5. The van der Waals surface area contributed by atoms with Gasteiger partial charge in [-0.2, -0.15) is 0 Å². The second-order valence-corrected chi connectivity index (χ2v) is 3.66. The number of hydrogen-bond donors (Lipinski definition) is 1. The van der Waals surface area contributed by atoms with Crippen LogP contribution in [0.2, 0.25) is 0 Å². The molecule has 0 aromatic carbocycles. The molecule has 2 nitrogen and oxygen atoms in total. The summed E-state index contributed by atoms with van der Waals surface area (Å²) in [7, 11) is 0. The molecule has 2 N–H and O–H groups in total. The molecule has 0 amide bonds. The van der Waals surface area contributed by atoms with Crippen molar-refractivity contribution < 1.29 is 4.74 Å². The van der Waals surface area contributed by atoms with Crippen molar-refractivity contribution in [2.45, 2.75) is 31.7 Å². The fourth-order valence-electron chi connectivity index (χ4n) is 2.04. The zero-order valence-corrected chi connectivity index (χ0v) is 6.31. The van der Waals surface area contributed by atoms with Crippen molar-refractivity contribution in [3.63, 3.8) is 0 Å². The van der Waals surface area contributed by atoms with Gasteiger partial charge in [0.1, 0.15) is 0 Å². The summed E-state index contributed by atoms with van der Waals surface area (Å²) in [4.78, 5) is 0. The fourth-order valence-corrected chi connectivity index (χ4v) is 2.04. The van der Waals surface area contributed by atoms with Crippen LogP contribution in [0.3, 0.4) is 0 Å².